The lowest BCUT2D eigenvalue weighted by Gasteiger charge is -2.05. The van der Waals surface area contributed by atoms with Gasteiger partial charge in [0, 0.05) is 0 Å². The first-order valence-electron chi connectivity index (χ1n) is 8.37. The fraction of sp³-hybridized carbons (Fsp3) is 0.250. The van der Waals surface area contributed by atoms with E-state index in [2.05, 4.69) is 4.99 Å². The van der Waals surface area contributed by atoms with Gasteiger partial charge in [0.2, 0.25) is 0 Å². The highest BCUT2D eigenvalue weighted by Gasteiger charge is 2.13. The molecule has 0 aliphatic heterocycles. The van der Waals surface area contributed by atoms with Crippen LogP contribution >= 0.6 is 11.3 Å². The Kier molecular flexibility index (Phi) is 5.51. The van der Waals surface area contributed by atoms with Gasteiger partial charge >= 0.3 is 5.97 Å². The van der Waals surface area contributed by atoms with Gasteiger partial charge in [0.05, 0.1) is 23.7 Å². The summed E-state index contributed by atoms with van der Waals surface area (Å²) in [5, 5.41) is 0. The average molecular weight is 386 g/mol. The molecule has 1 amide bonds. The molecule has 0 spiro atoms. The first-order chi connectivity index (χ1) is 12.9. The molecule has 3 aromatic rings. The number of carbonyl (C=O) groups is 2. The maximum atomic E-state index is 13.5. The molecular formula is C20H19FN2O3S. The number of aryl methyl sites for hydroxylation is 2. The number of aromatic nitrogens is 1. The summed E-state index contributed by atoms with van der Waals surface area (Å²) in [6, 6.07) is 10.1. The van der Waals surface area contributed by atoms with Crippen molar-refractivity contribution in [3.8, 4) is 0 Å². The number of ether oxygens (including phenoxy) is 1. The summed E-state index contributed by atoms with van der Waals surface area (Å²) in [6.45, 7) is 3.85. The number of thiazole rings is 1. The summed E-state index contributed by atoms with van der Waals surface area (Å²) in [6.07, 6.45) is 0.160. The van der Waals surface area contributed by atoms with Crippen molar-refractivity contribution >= 4 is 33.4 Å². The standard InChI is InChI=1S/C20H19FN2O3S/c1-12-4-5-14(13(2)8-12)9-18(24)22-20-23(11-19(25)26-3)16-7-6-15(21)10-17(16)27-20/h4-8,10H,9,11H2,1-3H3. The number of esters is 1. The molecule has 2 aromatic carbocycles. The molecule has 0 aliphatic rings. The molecule has 0 fully saturated rings. The van der Waals surface area contributed by atoms with Gasteiger partial charge in [-0.2, -0.15) is 4.99 Å². The number of halogens is 1. The van der Waals surface area contributed by atoms with Crippen LogP contribution in [0.15, 0.2) is 41.4 Å². The Labute approximate surface area is 159 Å². The zero-order valence-electron chi connectivity index (χ0n) is 15.3. The fourth-order valence-electron chi connectivity index (χ4n) is 2.83. The predicted molar refractivity (Wildman–Crippen MR) is 102 cm³/mol. The Morgan fingerprint density at radius 1 is 1.19 bits per heavy atom. The molecule has 0 bridgehead atoms. The highest BCUT2D eigenvalue weighted by molar-refractivity contribution is 7.16. The third kappa shape index (κ3) is 4.31. The maximum Gasteiger partial charge on any atom is 0.325 e. The van der Waals surface area contributed by atoms with Crippen LogP contribution in [-0.4, -0.2) is 23.6 Å². The van der Waals surface area contributed by atoms with Crippen LogP contribution in [0.3, 0.4) is 0 Å². The zero-order chi connectivity index (χ0) is 19.6. The third-order valence-electron chi connectivity index (χ3n) is 4.22. The van der Waals surface area contributed by atoms with E-state index in [1.807, 2.05) is 32.0 Å². The average Bonchev–Trinajstić information content (AvgIpc) is 2.93. The van der Waals surface area contributed by atoms with E-state index in [1.165, 1.54) is 19.2 Å². The molecule has 1 heterocycles. The normalized spacial score (nSPS) is 11.8. The van der Waals surface area contributed by atoms with Crippen molar-refractivity contribution in [1.82, 2.24) is 4.57 Å². The van der Waals surface area contributed by atoms with Crippen molar-refractivity contribution in [2.75, 3.05) is 7.11 Å². The Hall–Kier alpha value is -2.80. The molecule has 7 heteroatoms. The van der Waals surface area contributed by atoms with E-state index in [-0.39, 0.29) is 24.7 Å². The molecule has 0 saturated heterocycles. The van der Waals surface area contributed by atoms with Gasteiger partial charge in [-0.1, -0.05) is 35.1 Å². The summed E-state index contributed by atoms with van der Waals surface area (Å²) in [5.41, 5.74) is 3.69. The fourth-order valence-corrected chi connectivity index (χ4v) is 3.90. The molecule has 0 aliphatic carbocycles. The predicted octanol–water partition coefficient (Wildman–Crippen LogP) is 3.30. The van der Waals surface area contributed by atoms with Crippen LogP contribution in [0, 0.1) is 19.7 Å². The zero-order valence-corrected chi connectivity index (χ0v) is 16.1. The Balaban J connectivity index is 2.01. The molecule has 0 N–H and O–H groups in total. The number of fused-ring (bicyclic) bond motifs is 1. The summed E-state index contributed by atoms with van der Waals surface area (Å²) in [4.78, 5) is 28.8. The SMILES string of the molecule is COC(=O)Cn1c(=NC(=O)Cc2ccc(C)cc2C)sc2cc(F)ccc21. The molecule has 3 rings (SSSR count). The van der Waals surface area contributed by atoms with Crippen molar-refractivity contribution in [2.45, 2.75) is 26.8 Å². The molecule has 5 nitrogen and oxygen atoms in total. The maximum absolute atomic E-state index is 13.5. The molecule has 0 atom stereocenters. The van der Waals surface area contributed by atoms with Crippen LogP contribution < -0.4 is 4.80 Å². The number of rotatable bonds is 4. The second kappa shape index (κ2) is 7.84. The lowest BCUT2D eigenvalue weighted by Crippen LogP contribution is -2.22. The van der Waals surface area contributed by atoms with Crippen molar-refractivity contribution < 1.29 is 18.7 Å². The van der Waals surface area contributed by atoms with Crippen LogP contribution in [0.2, 0.25) is 0 Å². The van der Waals surface area contributed by atoms with E-state index < -0.39 is 5.97 Å². The molecule has 0 saturated carbocycles. The quantitative estimate of drug-likeness (QED) is 0.647. The van der Waals surface area contributed by atoms with E-state index in [0.29, 0.717) is 15.0 Å². The number of hydrogen-bond donors (Lipinski definition) is 0. The second-order valence-corrected chi connectivity index (χ2v) is 7.28. The van der Waals surface area contributed by atoms with Crippen molar-refractivity contribution in [3.05, 3.63) is 63.7 Å². The van der Waals surface area contributed by atoms with Crippen LogP contribution in [0.1, 0.15) is 16.7 Å². The van der Waals surface area contributed by atoms with Gasteiger partial charge in [-0.15, -0.1) is 0 Å². The van der Waals surface area contributed by atoms with E-state index in [4.69, 9.17) is 4.74 Å². The van der Waals surface area contributed by atoms with Gasteiger partial charge in [-0.05, 0) is 43.2 Å². The molecule has 27 heavy (non-hydrogen) atoms. The number of hydrogen-bond acceptors (Lipinski definition) is 4. The largest absolute Gasteiger partial charge is 0.468 e. The smallest absolute Gasteiger partial charge is 0.325 e. The van der Waals surface area contributed by atoms with Gasteiger partial charge in [0.15, 0.2) is 4.80 Å². The van der Waals surface area contributed by atoms with Crippen LogP contribution in [0.4, 0.5) is 4.39 Å². The van der Waals surface area contributed by atoms with Crippen molar-refractivity contribution in [3.63, 3.8) is 0 Å². The summed E-state index contributed by atoms with van der Waals surface area (Å²) in [5.74, 6) is -1.18. The van der Waals surface area contributed by atoms with E-state index in [9.17, 15) is 14.0 Å². The number of carbonyl (C=O) groups excluding carboxylic acids is 2. The van der Waals surface area contributed by atoms with Gasteiger partial charge in [-0.25, -0.2) is 4.39 Å². The molecule has 0 radical (unpaired) electrons. The van der Waals surface area contributed by atoms with Crippen LogP contribution in [-0.2, 0) is 27.3 Å². The number of amides is 1. The lowest BCUT2D eigenvalue weighted by atomic mass is 10.0. The molecule has 140 valence electrons. The van der Waals surface area contributed by atoms with Gasteiger partial charge < -0.3 is 9.30 Å². The van der Waals surface area contributed by atoms with Gasteiger partial charge in [0.25, 0.3) is 5.91 Å². The highest BCUT2D eigenvalue weighted by Crippen LogP contribution is 2.19. The monoisotopic (exact) mass is 386 g/mol. The lowest BCUT2D eigenvalue weighted by molar-refractivity contribution is -0.141. The Bertz CT molecular complexity index is 1100. The first-order valence-corrected chi connectivity index (χ1v) is 9.18. The number of nitrogens with zero attached hydrogens (tertiary/aromatic N) is 2. The van der Waals surface area contributed by atoms with Gasteiger partial charge in [-0.3, -0.25) is 9.59 Å². The molecule has 0 unspecified atom stereocenters. The Morgan fingerprint density at radius 2 is 1.96 bits per heavy atom. The molecule has 1 aromatic heterocycles. The second-order valence-electron chi connectivity index (χ2n) is 6.27. The van der Waals surface area contributed by atoms with Crippen LogP contribution in [0.25, 0.3) is 10.2 Å². The van der Waals surface area contributed by atoms with Crippen molar-refractivity contribution in [1.29, 1.82) is 0 Å². The highest BCUT2D eigenvalue weighted by atomic mass is 32.1. The molecular weight excluding hydrogens is 367 g/mol. The van der Waals surface area contributed by atoms with Crippen molar-refractivity contribution in [2.24, 2.45) is 4.99 Å². The first kappa shape index (κ1) is 19.0. The topological polar surface area (TPSA) is 60.7 Å². The summed E-state index contributed by atoms with van der Waals surface area (Å²) in [7, 11) is 1.29. The minimum Gasteiger partial charge on any atom is -0.468 e. The van der Waals surface area contributed by atoms with E-state index in [1.54, 1.807) is 10.6 Å². The van der Waals surface area contributed by atoms with Gasteiger partial charge in [0.1, 0.15) is 12.4 Å². The van der Waals surface area contributed by atoms with Crippen LogP contribution in [0.5, 0.6) is 0 Å². The minimum absolute atomic E-state index is 0.0994. The minimum atomic E-state index is -0.470. The number of benzene rings is 2. The van der Waals surface area contributed by atoms with E-state index in [0.717, 1.165) is 28.0 Å². The number of methoxy groups -OCH3 is 1. The Morgan fingerprint density at radius 3 is 2.67 bits per heavy atom. The third-order valence-corrected chi connectivity index (χ3v) is 5.26. The van der Waals surface area contributed by atoms with E-state index >= 15 is 0 Å². The summed E-state index contributed by atoms with van der Waals surface area (Å²) < 4.78 is 20.4. The summed E-state index contributed by atoms with van der Waals surface area (Å²) >= 11 is 1.16.